The molecule has 1 aromatic carbocycles. The highest BCUT2D eigenvalue weighted by Gasteiger charge is 2.26. The monoisotopic (exact) mass is 260 g/mol. The van der Waals surface area contributed by atoms with Crippen molar-refractivity contribution >= 4 is 5.97 Å². The molecular weight excluding hydrogens is 242 g/mol. The molecule has 0 aromatic heterocycles. The van der Waals surface area contributed by atoms with E-state index in [-0.39, 0.29) is 18.1 Å². The first-order chi connectivity index (χ1) is 9.34. The van der Waals surface area contributed by atoms with Gasteiger partial charge in [0.2, 0.25) is 0 Å². The van der Waals surface area contributed by atoms with Crippen molar-refractivity contribution < 1.29 is 14.3 Å². The van der Waals surface area contributed by atoms with Crippen molar-refractivity contribution in [3.8, 4) is 0 Å². The third kappa shape index (κ3) is 2.80. The van der Waals surface area contributed by atoms with E-state index in [4.69, 9.17) is 9.47 Å². The maximum absolute atomic E-state index is 12.3. The lowest BCUT2D eigenvalue weighted by Crippen LogP contribution is -2.20. The van der Waals surface area contributed by atoms with Crippen LogP contribution in [-0.4, -0.2) is 31.8 Å². The summed E-state index contributed by atoms with van der Waals surface area (Å²) >= 11 is 0. The van der Waals surface area contributed by atoms with E-state index in [0.29, 0.717) is 18.8 Å². The Kier molecular flexibility index (Phi) is 3.80. The molecule has 0 amide bonds. The van der Waals surface area contributed by atoms with E-state index in [1.165, 1.54) is 0 Å². The fraction of sp³-hybridized carbons (Fsp3) is 0.533. The maximum Gasteiger partial charge on any atom is 0.338 e. The molecule has 2 atom stereocenters. The zero-order valence-corrected chi connectivity index (χ0v) is 10.9. The van der Waals surface area contributed by atoms with E-state index in [2.05, 4.69) is 5.32 Å². The summed E-state index contributed by atoms with van der Waals surface area (Å²) < 4.78 is 10.7. The topological polar surface area (TPSA) is 49.6 Å². The highest BCUT2D eigenvalue weighted by molar-refractivity contribution is 5.91. The Balaban J connectivity index is 1.76. The summed E-state index contributed by atoms with van der Waals surface area (Å²) in [4.78, 5) is 12.3. The van der Waals surface area contributed by atoms with Crippen LogP contribution in [-0.2, 0) is 9.47 Å². The quantitative estimate of drug-likeness (QED) is 0.782. The largest absolute Gasteiger partial charge is 0.456 e. The maximum atomic E-state index is 12.3. The van der Waals surface area contributed by atoms with E-state index in [1.54, 1.807) is 0 Å². The van der Waals surface area contributed by atoms with Gasteiger partial charge < -0.3 is 9.47 Å². The van der Waals surface area contributed by atoms with Crippen molar-refractivity contribution in [3.05, 3.63) is 35.4 Å². The number of carbonyl (C=O) groups excluding carboxylic acids is 1. The first kappa shape index (κ1) is 12.6. The van der Waals surface area contributed by atoms with Gasteiger partial charge in [-0.25, -0.2) is 10.1 Å². The van der Waals surface area contributed by atoms with Crippen LogP contribution >= 0.6 is 0 Å². The summed E-state index contributed by atoms with van der Waals surface area (Å²) in [5.41, 5.74) is 1.66. The molecular formula is C15H18NO3. The van der Waals surface area contributed by atoms with Gasteiger partial charge in [0.25, 0.3) is 0 Å². The molecule has 2 fully saturated rings. The molecule has 101 valence electrons. The molecule has 0 saturated carbocycles. The third-order valence-electron chi connectivity index (χ3n) is 3.69. The van der Waals surface area contributed by atoms with Crippen molar-refractivity contribution in [2.75, 3.05) is 19.8 Å². The fourth-order valence-corrected chi connectivity index (χ4v) is 2.67. The molecule has 2 heterocycles. The smallest absolute Gasteiger partial charge is 0.338 e. The van der Waals surface area contributed by atoms with Gasteiger partial charge in [0.05, 0.1) is 24.8 Å². The molecule has 19 heavy (non-hydrogen) atoms. The van der Waals surface area contributed by atoms with Crippen molar-refractivity contribution in [1.82, 2.24) is 5.32 Å². The number of esters is 1. The van der Waals surface area contributed by atoms with E-state index < -0.39 is 0 Å². The van der Waals surface area contributed by atoms with Crippen LogP contribution in [0.1, 0.15) is 41.2 Å². The van der Waals surface area contributed by atoms with Crippen LogP contribution in [0.4, 0.5) is 0 Å². The van der Waals surface area contributed by atoms with Gasteiger partial charge >= 0.3 is 5.97 Å². The average Bonchev–Trinajstić information content (AvgIpc) is 3.11. The number of rotatable bonds is 3. The number of ether oxygens (including phenoxy) is 2. The second-order valence-corrected chi connectivity index (χ2v) is 5.04. The summed E-state index contributed by atoms with van der Waals surface area (Å²) in [6.07, 6.45) is 2.82. The lowest BCUT2D eigenvalue weighted by molar-refractivity contribution is 0.0269. The Morgan fingerprint density at radius 2 is 2.21 bits per heavy atom. The van der Waals surface area contributed by atoms with E-state index in [9.17, 15) is 4.79 Å². The molecule has 4 heteroatoms. The summed E-state index contributed by atoms with van der Waals surface area (Å²) in [6.45, 7) is 2.09. The molecule has 4 nitrogen and oxygen atoms in total. The number of nitrogens with zero attached hydrogens (tertiary/aromatic N) is 1. The molecule has 2 aliphatic rings. The average molecular weight is 260 g/mol. The van der Waals surface area contributed by atoms with Crippen LogP contribution in [0.25, 0.3) is 0 Å². The number of hydrogen-bond acceptors (Lipinski definition) is 3. The molecule has 0 spiro atoms. The second kappa shape index (κ2) is 5.72. The zero-order valence-electron chi connectivity index (χ0n) is 10.9. The highest BCUT2D eigenvalue weighted by atomic mass is 16.6. The van der Waals surface area contributed by atoms with Crippen LogP contribution < -0.4 is 5.32 Å². The standard InChI is InChI=1S/C15H18NO3/c17-15(19-11-7-9-18-10-11)13-5-2-1-4-12(13)14-6-3-8-16-14/h1-2,4-5,11,14H,3,6-10H2/t11-,14?/m1/s1. The van der Waals surface area contributed by atoms with Gasteiger partial charge in [-0.3, -0.25) is 0 Å². The fourth-order valence-electron chi connectivity index (χ4n) is 2.67. The molecule has 3 rings (SSSR count). The van der Waals surface area contributed by atoms with Crippen LogP contribution in [0.15, 0.2) is 24.3 Å². The predicted octanol–water partition coefficient (Wildman–Crippen LogP) is 2.07. The summed E-state index contributed by atoms with van der Waals surface area (Å²) in [5, 5.41) is 4.55. The Labute approximate surface area is 113 Å². The first-order valence-corrected chi connectivity index (χ1v) is 6.89. The molecule has 1 unspecified atom stereocenters. The number of carbonyl (C=O) groups is 1. The Morgan fingerprint density at radius 3 is 2.95 bits per heavy atom. The van der Waals surface area contributed by atoms with Crippen LogP contribution in [0.5, 0.6) is 0 Å². The van der Waals surface area contributed by atoms with Gasteiger partial charge in [-0.2, -0.15) is 0 Å². The minimum Gasteiger partial charge on any atom is -0.456 e. The van der Waals surface area contributed by atoms with Crippen molar-refractivity contribution in [2.45, 2.75) is 31.4 Å². The minimum absolute atomic E-state index is 0.0962. The van der Waals surface area contributed by atoms with Crippen LogP contribution in [0.3, 0.4) is 0 Å². The van der Waals surface area contributed by atoms with Gasteiger partial charge in [0.15, 0.2) is 0 Å². The van der Waals surface area contributed by atoms with Crippen molar-refractivity contribution in [1.29, 1.82) is 0 Å². The highest BCUT2D eigenvalue weighted by Crippen LogP contribution is 2.28. The molecule has 0 aliphatic carbocycles. The van der Waals surface area contributed by atoms with Gasteiger partial charge in [0.1, 0.15) is 6.10 Å². The van der Waals surface area contributed by atoms with Gasteiger partial charge in [-0.05, 0) is 24.5 Å². The Morgan fingerprint density at radius 1 is 1.32 bits per heavy atom. The van der Waals surface area contributed by atoms with E-state index >= 15 is 0 Å². The van der Waals surface area contributed by atoms with Crippen LogP contribution in [0, 0.1) is 0 Å². The van der Waals surface area contributed by atoms with Crippen molar-refractivity contribution in [2.24, 2.45) is 0 Å². The van der Waals surface area contributed by atoms with Gasteiger partial charge in [-0.15, -0.1) is 0 Å². The number of hydrogen-bond donors (Lipinski definition) is 0. The zero-order chi connectivity index (χ0) is 13.1. The second-order valence-electron chi connectivity index (χ2n) is 5.04. The third-order valence-corrected chi connectivity index (χ3v) is 3.69. The van der Waals surface area contributed by atoms with Gasteiger partial charge in [-0.1, -0.05) is 18.2 Å². The molecule has 1 aromatic rings. The van der Waals surface area contributed by atoms with Gasteiger partial charge in [0, 0.05) is 13.0 Å². The molecule has 0 bridgehead atoms. The van der Waals surface area contributed by atoms with Crippen molar-refractivity contribution in [3.63, 3.8) is 0 Å². The number of benzene rings is 1. The van der Waals surface area contributed by atoms with Crippen LogP contribution in [0.2, 0.25) is 0 Å². The predicted molar refractivity (Wildman–Crippen MR) is 70.1 cm³/mol. The molecule has 0 N–H and O–H groups in total. The lowest BCUT2D eigenvalue weighted by atomic mass is 9.99. The minimum atomic E-state index is -0.242. The molecule has 2 aliphatic heterocycles. The molecule has 2 saturated heterocycles. The van der Waals surface area contributed by atoms with E-state index in [1.807, 2.05) is 24.3 Å². The Hall–Kier alpha value is -1.39. The first-order valence-electron chi connectivity index (χ1n) is 6.89. The normalized spacial score (nSPS) is 26.5. The summed E-state index contributed by atoms with van der Waals surface area (Å²) in [6, 6.07) is 7.81. The molecule has 1 radical (unpaired) electrons. The van der Waals surface area contributed by atoms with E-state index in [0.717, 1.165) is 31.4 Å². The summed E-state index contributed by atoms with van der Waals surface area (Å²) in [5.74, 6) is -0.242. The SMILES string of the molecule is O=C(O[C@@H]1CCOC1)c1ccccc1C1CCC[N]1. The summed E-state index contributed by atoms with van der Waals surface area (Å²) in [7, 11) is 0. The Bertz CT molecular complexity index is 448. The lowest BCUT2D eigenvalue weighted by Gasteiger charge is -2.16.